The molecule has 5 nitrogen and oxygen atoms in total. The number of rotatable bonds is 6. The van der Waals surface area contributed by atoms with Crippen LogP contribution in [-0.2, 0) is 17.8 Å². The van der Waals surface area contributed by atoms with Crippen LogP contribution in [0.3, 0.4) is 0 Å². The van der Waals surface area contributed by atoms with E-state index in [-0.39, 0.29) is 12.3 Å². The molecule has 0 unspecified atom stereocenters. The molecule has 1 N–H and O–H groups in total. The number of nitrogens with zero attached hydrogens (tertiary/aromatic N) is 3. The van der Waals surface area contributed by atoms with E-state index >= 15 is 0 Å². The minimum Gasteiger partial charge on any atom is -0.325 e. The Kier molecular flexibility index (Phi) is 7.17. The quantitative estimate of drug-likeness (QED) is 0.529. The molecule has 2 aromatic carbocycles. The third-order valence-electron chi connectivity index (χ3n) is 5.47. The van der Waals surface area contributed by atoms with Gasteiger partial charge < -0.3 is 10.2 Å². The first kappa shape index (κ1) is 22.1. The molecule has 1 amide bonds. The molecule has 31 heavy (non-hydrogen) atoms. The molecule has 1 aliphatic heterocycles. The van der Waals surface area contributed by atoms with Gasteiger partial charge in [-0.3, -0.25) is 9.69 Å². The second-order valence-electron chi connectivity index (χ2n) is 8.13. The topological polar surface area (TPSA) is 48.5 Å². The minimum absolute atomic E-state index is 0.0646. The Labute approximate surface area is 196 Å². The summed E-state index contributed by atoms with van der Waals surface area (Å²) in [4.78, 5) is 22.1. The largest absolute Gasteiger partial charge is 0.325 e. The van der Waals surface area contributed by atoms with Crippen molar-refractivity contribution in [2.45, 2.75) is 19.9 Å². The Morgan fingerprint density at radius 3 is 2.74 bits per heavy atom. The van der Waals surface area contributed by atoms with E-state index in [1.54, 1.807) is 11.3 Å². The van der Waals surface area contributed by atoms with Crippen LogP contribution in [0.2, 0.25) is 0 Å². The van der Waals surface area contributed by atoms with Crippen molar-refractivity contribution >= 4 is 38.9 Å². The average Bonchev–Trinajstić information content (AvgIpc) is 3.20. The van der Waals surface area contributed by atoms with Gasteiger partial charge in [0.15, 0.2) is 0 Å². The first-order chi connectivity index (χ1) is 15.0. The van der Waals surface area contributed by atoms with Crippen LogP contribution >= 0.6 is 27.3 Å². The number of likely N-dealkylation sites (N-methyl/N-ethyl adjacent to an activating group) is 1. The first-order valence-electron chi connectivity index (χ1n) is 10.5. The highest BCUT2D eigenvalue weighted by Gasteiger charge is 2.15. The van der Waals surface area contributed by atoms with Gasteiger partial charge in [-0.2, -0.15) is 0 Å². The summed E-state index contributed by atoms with van der Waals surface area (Å²) in [5.74, 6) is -0.0646. The van der Waals surface area contributed by atoms with Gasteiger partial charge in [-0.05, 0) is 59.2 Å². The van der Waals surface area contributed by atoms with Crippen molar-refractivity contribution in [1.29, 1.82) is 0 Å². The molecule has 0 saturated carbocycles. The molecule has 0 spiro atoms. The standard InChI is InChI=1S/C24H27BrN4OS/c1-17-6-7-22(21(25)12-17)27-23(30)14-20-16-31-24(26-20)19-5-3-4-18(13-19)15-29-10-8-28(2)9-11-29/h3-7,12-13,16H,8-11,14-15H2,1-2H3,(H,27,30). The fourth-order valence-electron chi connectivity index (χ4n) is 3.67. The number of piperazine rings is 1. The van der Waals surface area contributed by atoms with E-state index in [1.807, 2.05) is 30.5 Å². The molecule has 0 aliphatic carbocycles. The molecule has 1 fully saturated rings. The number of benzene rings is 2. The van der Waals surface area contributed by atoms with Gasteiger partial charge in [0.1, 0.15) is 5.01 Å². The monoisotopic (exact) mass is 498 g/mol. The fourth-order valence-corrected chi connectivity index (χ4v) is 5.08. The van der Waals surface area contributed by atoms with Gasteiger partial charge in [0, 0.05) is 48.1 Å². The number of aryl methyl sites for hydroxylation is 1. The molecule has 1 aliphatic rings. The van der Waals surface area contributed by atoms with Gasteiger partial charge in [-0.25, -0.2) is 4.98 Å². The van der Waals surface area contributed by atoms with Gasteiger partial charge in [0.2, 0.25) is 5.91 Å². The van der Waals surface area contributed by atoms with Gasteiger partial charge in [-0.15, -0.1) is 11.3 Å². The molecule has 2 heterocycles. The Hall–Kier alpha value is -2.06. The van der Waals surface area contributed by atoms with Crippen LogP contribution in [0.5, 0.6) is 0 Å². The van der Waals surface area contributed by atoms with Crippen molar-refractivity contribution in [3.8, 4) is 10.6 Å². The van der Waals surface area contributed by atoms with E-state index in [1.165, 1.54) is 5.56 Å². The van der Waals surface area contributed by atoms with E-state index in [0.717, 1.165) is 64.7 Å². The fraction of sp³-hybridized carbons (Fsp3) is 0.333. The molecule has 162 valence electrons. The van der Waals surface area contributed by atoms with Crippen LogP contribution < -0.4 is 5.32 Å². The number of carbonyl (C=O) groups is 1. The van der Waals surface area contributed by atoms with Crippen LogP contribution in [0.1, 0.15) is 16.8 Å². The third-order valence-corrected chi connectivity index (χ3v) is 7.06. The van der Waals surface area contributed by atoms with Crippen molar-refractivity contribution in [2.24, 2.45) is 0 Å². The molecule has 3 aromatic rings. The van der Waals surface area contributed by atoms with Crippen LogP contribution in [0, 0.1) is 6.92 Å². The van der Waals surface area contributed by atoms with Gasteiger partial charge >= 0.3 is 0 Å². The molecule has 1 aromatic heterocycles. The lowest BCUT2D eigenvalue weighted by Gasteiger charge is -2.32. The number of hydrogen-bond acceptors (Lipinski definition) is 5. The minimum atomic E-state index is -0.0646. The van der Waals surface area contributed by atoms with E-state index in [0.29, 0.717) is 0 Å². The zero-order valence-electron chi connectivity index (χ0n) is 17.9. The summed E-state index contributed by atoms with van der Waals surface area (Å²) < 4.78 is 0.886. The Balaban J connectivity index is 1.38. The maximum atomic E-state index is 12.5. The first-order valence-corrected chi connectivity index (χ1v) is 12.1. The Morgan fingerprint density at radius 2 is 1.97 bits per heavy atom. The van der Waals surface area contributed by atoms with E-state index in [4.69, 9.17) is 4.98 Å². The second-order valence-corrected chi connectivity index (χ2v) is 9.84. The number of carbonyl (C=O) groups excluding carboxylic acids is 1. The van der Waals surface area contributed by atoms with Crippen LogP contribution in [0.15, 0.2) is 52.3 Å². The second kappa shape index (κ2) is 10.0. The van der Waals surface area contributed by atoms with Crippen molar-refractivity contribution in [2.75, 3.05) is 38.5 Å². The third kappa shape index (κ3) is 6.01. The van der Waals surface area contributed by atoms with E-state index in [2.05, 4.69) is 62.4 Å². The molecular weight excluding hydrogens is 472 g/mol. The highest BCUT2D eigenvalue weighted by atomic mass is 79.9. The Bertz CT molecular complexity index is 1060. The summed E-state index contributed by atoms with van der Waals surface area (Å²) in [5.41, 5.74) is 5.14. The SMILES string of the molecule is Cc1ccc(NC(=O)Cc2csc(-c3cccc(CN4CCN(C)CC4)c3)n2)c(Br)c1. The molecule has 1 saturated heterocycles. The van der Waals surface area contributed by atoms with Gasteiger partial charge in [0.25, 0.3) is 0 Å². The maximum Gasteiger partial charge on any atom is 0.230 e. The van der Waals surface area contributed by atoms with Crippen molar-refractivity contribution in [3.63, 3.8) is 0 Å². The number of amides is 1. The van der Waals surface area contributed by atoms with Crippen molar-refractivity contribution < 1.29 is 4.79 Å². The number of aromatic nitrogens is 1. The lowest BCUT2D eigenvalue weighted by Crippen LogP contribution is -2.43. The molecule has 0 radical (unpaired) electrons. The predicted octanol–water partition coefficient (Wildman–Crippen LogP) is 4.81. The Morgan fingerprint density at radius 1 is 1.16 bits per heavy atom. The number of thiazole rings is 1. The zero-order chi connectivity index (χ0) is 21.8. The highest BCUT2D eigenvalue weighted by Crippen LogP contribution is 2.26. The number of anilines is 1. The summed E-state index contributed by atoms with van der Waals surface area (Å²) in [5, 5.41) is 5.90. The summed E-state index contributed by atoms with van der Waals surface area (Å²) in [6.45, 7) is 7.44. The van der Waals surface area contributed by atoms with Crippen molar-refractivity contribution in [1.82, 2.24) is 14.8 Å². The van der Waals surface area contributed by atoms with Crippen LogP contribution in [0.4, 0.5) is 5.69 Å². The maximum absolute atomic E-state index is 12.5. The van der Waals surface area contributed by atoms with Gasteiger partial charge in [0.05, 0.1) is 17.8 Å². The number of nitrogens with one attached hydrogen (secondary N) is 1. The van der Waals surface area contributed by atoms with Gasteiger partial charge in [-0.1, -0.05) is 24.3 Å². The molecule has 4 rings (SSSR count). The summed E-state index contributed by atoms with van der Waals surface area (Å²) >= 11 is 5.10. The summed E-state index contributed by atoms with van der Waals surface area (Å²) in [6.07, 6.45) is 0.262. The molecular formula is C24H27BrN4OS. The van der Waals surface area contributed by atoms with E-state index < -0.39 is 0 Å². The average molecular weight is 499 g/mol. The zero-order valence-corrected chi connectivity index (χ0v) is 20.3. The van der Waals surface area contributed by atoms with Crippen molar-refractivity contribution in [3.05, 3.63) is 69.1 Å². The molecule has 0 bridgehead atoms. The summed E-state index contributed by atoms with van der Waals surface area (Å²) in [6, 6.07) is 14.5. The highest BCUT2D eigenvalue weighted by molar-refractivity contribution is 9.10. The van der Waals surface area contributed by atoms with E-state index in [9.17, 15) is 4.79 Å². The lowest BCUT2D eigenvalue weighted by atomic mass is 10.1. The molecule has 7 heteroatoms. The number of hydrogen-bond donors (Lipinski definition) is 1. The van der Waals surface area contributed by atoms with Crippen LogP contribution in [0.25, 0.3) is 10.6 Å². The summed E-state index contributed by atoms with van der Waals surface area (Å²) in [7, 11) is 2.18. The van der Waals surface area contributed by atoms with Crippen LogP contribution in [-0.4, -0.2) is 53.9 Å². The normalized spacial score (nSPS) is 15.2. The predicted molar refractivity (Wildman–Crippen MR) is 132 cm³/mol. The smallest absolute Gasteiger partial charge is 0.230 e. The molecule has 0 atom stereocenters. The number of halogens is 1. The lowest BCUT2D eigenvalue weighted by molar-refractivity contribution is -0.115.